The second kappa shape index (κ2) is 8.42. The largest absolute Gasteiger partial charge is 0.351 e. The van der Waals surface area contributed by atoms with Crippen molar-refractivity contribution in [1.82, 2.24) is 25.3 Å². The van der Waals surface area contributed by atoms with Crippen molar-refractivity contribution in [3.63, 3.8) is 0 Å². The maximum absolute atomic E-state index is 12.9. The number of carbonyl (C=O) groups is 1. The summed E-state index contributed by atoms with van der Waals surface area (Å²) in [5.41, 5.74) is 1.72. The Bertz CT molecular complexity index is 790. The highest BCUT2D eigenvalue weighted by Crippen LogP contribution is 2.30. The zero-order valence-corrected chi connectivity index (χ0v) is 17.0. The molecule has 6 nitrogen and oxygen atoms in total. The Hall–Kier alpha value is -1.89. The van der Waals surface area contributed by atoms with Crippen molar-refractivity contribution in [2.75, 3.05) is 39.3 Å². The van der Waals surface area contributed by atoms with Crippen LogP contribution < -0.4 is 10.6 Å². The van der Waals surface area contributed by atoms with Gasteiger partial charge < -0.3 is 10.6 Å². The molecule has 1 aromatic carbocycles. The van der Waals surface area contributed by atoms with E-state index in [0.29, 0.717) is 22.8 Å². The number of piperazine rings is 1. The van der Waals surface area contributed by atoms with Crippen LogP contribution in [0.15, 0.2) is 30.5 Å². The highest BCUT2D eigenvalue weighted by atomic mass is 35.5. The highest BCUT2D eigenvalue weighted by molar-refractivity contribution is 6.33. The third-order valence-corrected chi connectivity index (χ3v) is 5.03. The summed E-state index contributed by atoms with van der Waals surface area (Å²) in [6, 6.07) is 7.50. The highest BCUT2D eigenvalue weighted by Gasteiger charge is 2.24. The summed E-state index contributed by atoms with van der Waals surface area (Å²) in [4.78, 5) is 15.2. The predicted octanol–water partition coefficient (Wildman–Crippen LogP) is 2.59. The summed E-state index contributed by atoms with van der Waals surface area (Å²) in [6.07, 6.45) is 1.82. The van der Waals surface area contributed by atoms with E-state index in [4.69, 9.17) is 11.6 Å². The molecular weight excluding hydrogens is 362 g/mol. The summed E-state index contributed by atoms with van der Waals surface area (Å²) >= 11 is 6.37. The van der Waals surface area contributed by atoms with E-state index < -0.39 is 0 Å². The molecule has 0 unspecified atom stereocenters. The van der Waals surface area contributed by atoms with Crippen molar-refractivity contribution in [3.05, 3.63) is 41.0 Å². The van der Waals surface area contributed by atoms with Gasteiger partial charge in [0.1, 0.15) is 5.69 Å². The maximum Gasteiger partial charge on any atom is 0.255 e. The van der Waals surface area contributed by atoms with E-state index in [9.17, 15) is 4.79 Å². The second-order valence-corrected chi connectivity index (χ2v) is 8.24. The van der Waals surface area contributed by atoms with Gasteiger partial charge in [0.2, 0.25) is 0 Å². The van der Waals surface area contributed by atoms with Crippen LogP contribution in [0.5, 0.6) is 0 Å². The Morgan fingerprint density at radius 1 is 1.26 bits per heavy atom. The van der Waals surface area contributed by atoms with E-state index >= 15 is 0 Å². The van der Waals surface area contributed by atoms with Gasteiger partial charge in [0, 0.05) is 51.0 Å². The second-order valence-electron chi connectivity index (χ2n) is 7.83. The number of rotatable bonds is 5. The number of aromatic nitrogens is 2. The minimum absolute atomic E-state index is 0.115. The zero-order valence-electron chi connectivity index (χ0n) is 16.3. The molecule has 0 saturated carbocycles. The molecule has 2 aromatic rings. The van der Waals surface area contributed by atoms with Crippen LogP contribution in [-0.2, 0) is 5.54 Å². The molecule has 0 aliphatic carbocycles. The molecule has 1 aliphatic heterocycles. The lowest BCUT2D eigenvalue weighted by Crippen LogP contribution is -2.46. The molecule has 27 heavy (non-hydrogen) atoms. The Morgan fingerprint density at radius 2 is 1.96 bits per heavy atom. The molecule has 1 aliphatic rings. The van der Waals surface area contributed by atoms with Crippen LogP contribution in [0.3, 0.4) is 0 Å². The zero-order chi connectivity index (χ0) is 19.4. The standard InChI is InChI=1S/C20H28ClN5O/c1-20(2,3)26-14-16(18(24-26)15-6-4-5-7-17(15)21)19(27)23-10-13-25-11-8-22-9-12-25/h4-7,14,22H,8-13H2,1-3H3,(H,23,27). The number of hydrogen-bond acceptors (Lipinski definition) is 4. The molecule has 0 spiro atoms. The number of halogens is 1. The van der Waals surface area contributed by atoms with Gasteiger partial charge in [-0.15, -0.1) is 0 Å². The van der Waals surface area contributed by atoms with Crippen molar-refractivity contribution in [2.24, 2.45) is 0 Å². The number of hydrogen-bond donors (Lipinski definition) is 2. The molecule has 2 heterocycles. The third kappa shape index (κ3) is 4.89. The molecule has 1 amide bonds. The molecule has 2 N–H and O–H groups in total. The van der Waals surface area contributed by atoms with E-state index in [-0.39, 0.29) is 11.4 Å². The van der Waals surface area contributed by atoms with E-state index in [2.05, 4.69) is 41.4 Å². The fourth-order valence-corrected chi connectivity index (χ4v) is 3.32. The normalized spacial score (nSPS) is 15.7. The van der Waals surface area contributed by atoms with Gasteiger partial charge in [0.15, 0.2) is 0 Å². The number of amides is 1. The summed E-state index contributed by atoms with van der Waals surface area (Å²) in [5.74, 6) is -0.115. The van der Waals surface area contributed by atoms with E-state index in [1.165, 1.54) is 0 Å². The Morgan fingerprint density at radius 3 is 2.63 bits per heavy atom. The van der Waals surface area contributed by atoms with Crippen molar-refractivity contribution in [3.8, 4) is 11.3 Å². The van der Waals surface area contributed by atoms with Gasteiger partial charge in [-0.2, -0.15) is 5.10 Å². The Balaban J connectivity index is 1.79. The topological polar surface area (TPSA) is 62.2 Å². The monoisotopic (exact) mass is 389 g/mol. The molecule has 0 bridgehead atoms. The molecule has 7 heteroatoms. The molecule has 146 valence electrons. The number of nitrogens with one attached hydrogen (secondary N) is 2. The van der Waals surface area contributed by atoms with E-state index in [0.717, 1.165) is 38.3 Å². The van der Waals surface area contributed by atoms with Gasteiger partial charge in [0.05, 0.1) is 16.1 Å². The van der Waals surface area contributed by atoms with Crippen molar-refractivity contribution >= 4 is 17.5 Å². The van der Waals surface area contributed by atoms with Crippen LogP contribution in [-0.4, -0.2) is 59.9 Å². The average molecular weight is 390 g/mol. The third-order valence-electron chi connectivity index (χ3n) is 4.70. The minimum atomic E-state index is -0.227. The molecule has 0 radical (unpaired) electrons. The van der Waals surface area contributed by atoms with Crippen LogP contribution in [0.25, 0.3) is 11.3 Å². The Labute approximate surface area is 165 Å². The molecule has 3 rings (SSSR count). The first kappa shape index (κ1) is 19.9. The van der Waals surface area contributed by atoms with Crippen LogP contribution in [0.4, 0.5) is 0 Å². The fourth-order valence-electron chi connectivity index (χ4n) is 3.09. The lowest BCUT2D eigenvalue weighted by atomic mass is 10.1. The lowest BCUT2D eigenvalue weighted by Gasteiger charge is -2.27. The number of benzene rings is 1. The van der Waals surface area contributed by atoms with Gasteiger partial charge in [-0.3, -0.25) is 14.4 Å². The summed E-state index contributed by atoms with van der Waals surface area (Å²) in [5, 5.41) is 11.7. The molecule has 1 saturated heterocycles. The molecule has 0 atom stereocenters. The van der Waals surface area contributed by atoms with Gasteiger partial charge in [-0.05, 0) is 26.8 Å². The van der Waals surface area contributed by atoms with Crippen molar-refractivity contribution < 1.29 is 4.79 Å². The van der Waals surface area contributed by atoms with Gasteiger partial charge in [0.25, 0.3) is 5.91 Å². The number of carbonyl (C=O) groups excluding carboxylic acids is 1. The van der Waals surface area contributed by atoms with Crippen molar-refractivity contribution in [2.45, 2.75) is 26.3 Å². The quantitative estimate of drug-likeness (QED) is 0.825. The molecule has 1 aromatic heterocycles. The number of nitrogens with zero attached hydrogens (tertiary/aromatic N) is 3. The smallest absolute Gasteiger partial charge is 0.255 e. The Kier molecular flexibility index (Phi) is 6.19. The van der Waals surface area contributed by atoms with Gasteiger partial charge in [-0.1, -0.05) is 29.8 Å². The van der Waals surface area contributed by atoms with E-state index in [1.807, 2.05) is 35.1 Å². The van der Waals surface area contributed by atoms with Crippen LogP contribution in [0, 0.1) is 0 Å². The first-order chi connectivity index (χ1) is 12.9. The molecule has 1 fully saturated rings. The van der Waals surface area contributed by atoms with Crippen LogP contribution >= 0.6 is 11.6 Å². The van der Waals surface area contributed by atoms with Crippen molar-refractivity contribution in [1.29, 1.82) is 0 Å². The summed E-state index contributed by atoms with van der Waals surface area (Å²) in [7, 11) is 0. The summed E-state index contributed by atoms with van der Waals surface area (Å²) in [6.45, 7) is 11.7. The maximum atomic E-state index is 12.9. The molecular formula is C20H28ClN5O. The average Bonchev–Trinajstić information content (AvgIpc) is 3.08. The predicted molar refractivity (Wildman–Crippen MR) is 109 cm³/mol. The van der Waals surface area contributed by atoms with Gasteiger partial charge in [-0.25, -0.2) is 0 Å². The van der Waals surface area contributed by atoms with E-state index in [1.54, 1.807) is 0 Å². The fraction of sp³-hybridized carbons (Fsp3) is 0.500. The summed E-state index contributed by atoms with van der Waals surface area (Å²) < 4.78 is 1.83. The first-order valence-corrected chi connectivity index (χ1v) is 9.80. The lowest BCUT2D eigenvalue weighted by molar-refractivity contribution is 0.0947. The SMILES string of the molecule is CC(C)(C)n1cc(C(=O)NCCN2CCNCC2)c(-c2ccccc2Cl)n1. The van der Waals surface area contributed by atoms with Crippen LogP contribution in [0.2, 0.25) is 5.02 Å². The van der Waals surface area contributed by atoms with Gasteiger partial charge >= 0.3 is 0 Å². The minimum Gasteiger partial charge on any atom is -0.351 e. The van der Waals surface area contributed by atoms with Crippen LogP contribution in [0.1, 0.15) is 31.1 Å². The first-order valence-electron chi connectivity index (χ1n) is 9.42.